The normalized spacial score (nSPS) is 25.8. The second-order valence-electron chi connectivity index (χ2n) is 7.05. The van der Waals surface area contributed by atoms with Crippen molar-refractivity contribution in [3.8, 4) is 5.75 Å². The number of nitrogens with zero attached hydrogens (tertiary/aromatic N) is 2. The molecule has 2 aliphatic heterocycles. The van der Waals surface area contributed by atoms with Gasteiger partial charge in [-0.1, -0.05) is 12.1 Å². The molecular weight excluding hydrogens is 304 g/mol. The summed E-state index contributed by atoms with van der Waals surface area (Å²) in [6.45, 7) is 5.79. The average molecular weight is 332 g/mol. The number of rotatable bonds is 3. The number of benzene rings is 1. The maximum Gasteiger partial charge on any atom is 0.255 e. The van der Waals surface area contributed by atoms with E-state index >= 15 is 0 Å². The van der Waals surface area contributed by atoms with E-state index in [4.69, 9.17) is 9.47 Å². The lowest BCUT2D eigenvalue weighted by atomic mass is 9.94. The molecule has 0 bridgehead atoms. The van der Waals surface area contributed by atoms with E-state index in [0.29, 0.717) is 13.2 Å². The molecule has 0 saturated carbocycles. The van der Waals surface area contributed by atoms with Crippen LogP contribution in [0.15, 0.2) is 18.2 Å². The first-order valence-corrected chi connectivity index (χ1v) is 8.79. The second kappa shape index (κ2) is 7.11. The first kappa shape index (κ1) is 17.2. The number of morpholine rings is 1. The van der Waals surface area contributed by atoms with E-state index < -0.39 is 5.60 Å². The molecule has 2 aliphatic rings. The summed E-state index contributed by atoms with van der Waals surface area (Å²) in [4.78, 5) is 17.0. The highest BCUT2D eigenvalue weighted by Gasteiger charge is 2.45. The summed E-state index contributed by atoms with van der Waals surface area (Å²) in [5.41, 5.74) is 1.69. The van der Waals surface area contributed by atoms with E-state index in [1.165, 1.54) is 5.56 Å². The summed E-state index contributed by atoms with van der Waals surface area (Å²) in [5.74, 6) is 1.06. The molecule has 2 fully saturated rings. The van der Waals surface area contributed by atoms with Gasteiger partial charge in [-0.3, -0.25) is 9.69 Å². The van der Waals surface area contributed by atoms with Gasteiger partial charge in [-0.15, -0.1) is 0 Å². The maximum atomic E-state index is 12.8. The standard InChI is InChI=1S/C19H28N2O3/c1-15-6-7-16(17(12-15)23-3)13-21-10-11-24-19(14-21)8-4-5-9-20(2)18(19)22/h6-7,12H,4-5,8-11,13-14H2,1-3H3. The lowest BCUT2D eigenvalue weighted by molar-refractivity contribution is -0.169. The molecular formula is C19H28N2O3. The number of aryl methyl sites for hydroxylation is 1. The van der Waals surface area contributed by atoms with Crippen LogP contribution in [-0.4, -0.2) is 61.7 Å². The zero-order valence-corrected chi connectivity index (χ0v) is 15.0. The molecule has 0 N–H and O–H groups in total. The van der Waals surface area contributed by atoms with Gasteiger partial charge >= 0.3 is 0 Å². The third-order valence-electron chi connectivity index (χ3n) is 5.16. The average Bonchev–Trinajstić information content (AvgIpc) is 2.71. The van der Waals surface area contributed by atoms with Gasteiger partial charge in [0.15, 0.2) is 5.60 Å². The van der Waals surface area contributed by atoms with Crippen molar-refractivity contribution in [1.29, 1.82) is 0 Å². The maximum absolute atomic E-state index is 12.8. The van der Waals surface area contributed by atoms with Crippen molar-refractivity contribution < 1.29 is 14.3 Å². The van der Waals surface area contributed by atoms with Crippen molar-refractivity contribution >= 4 is 5.91 Å². The minimum atomic E-state index is -0.665. The summed E-state index contributed by atoms with van der Waals surface area (Å²) >= 11 is 0. The van der Waals surface area contributed by atoms with Gasteiger partial charge in [0.25, 0.3) is 5.91 Å². The fourth-order valence-electron chi connectivity index (χ4n) is 3.81. The van der Waals surface area contributed by atoms with Crippen molar-refractivity contribution in [2.75, 3.05) is 40.4 Å². The number of carbonyl (C=O) groups is 1. The Kier molecular flexibility index (Phi) is 5.11. The Morgan fingerprint density at radius 3 is 2.92 bits per heavy atom. The van der Waals surface area contributed by atoms with Crippen molar-refractivity contribution in [2.24, 2.45) is 0 Å². The number of ether oxygens (including phenoxy) is 2. The Balaban J connectivity index is 1.77. The number of hydrogen-bond acceptors (Lipinski definition) is 4. The largest absolute Gasteiger partial charge is 0.496 e. The molecule has 0 radical (unpaired) electrons. The van der Waals surface area contributed by atoms with Gasteiger partial charge in [-0.25, -0.2) is 0 Å². The number of methoxy groups -OCH3 is 1. The molecule has 1 unspecified atom stereocenters. The van der Waals surface area contributed by atoms with Crippen LogP contribution in [0.2, 0.25) is 0 Å². The van der Waals surface area contributed by atoms with Crippen molar-refractivity contribution in [3.63, 3.8) is 0 Å². The Bertz CT molecular complexity index is 604. The van der Waals surface area contributed by atoms with Crippen molar-refractivity contribution in [2.45, 2.75) is 38.3 Å². The molecule has 1 spiro atoms. The lowest BCUT2D eigenvalue weighted by Crippen LogP contribution is -2.59. The first-order chi connectivity index (χ1) is 11.5. The molecule has 5 heteroatoms. The van der Waals surface area contributed by atoms with Gasteiger partial charge in [0.1, 0.15) is 5.75 Å². The molecule has 0 aromatic heterocycles. The van der Waals surface area contributed by atoms with E-state index in [1.54, 1.807) is 7.11 Å². The number of likely N-dealkylation sites (tertiary alicyclic amines) is 1. The summed E-state index contributed by atoms with van der Waals surface area (Å²) in [6, 6.07) is 6.30. The number of hydrogen-bond donors (Lipinski definition) is 0. The molecule has 132 valence electrons. The fourth-order valence-corrected chi connectivity index (χ4v) is 3.81. The molecule has 2 saturated heterocycles. The highest BCUT2D eigenvalue weighted by atomic mass is 16.5. The molecule has 5 nitrogen and oxygen atoms in total. The van der Waals surface area contributed by atoms with Crippen LogP contribution in [0.1, 0.15) is 30.4 Å². The molecule has 24 heavy (non-hydrogen) atoms. The summed E-state index contributed by atoms with van der Waals surface area (Å²) in [5, 5.41) is 0. The van der Waals surface area contributed by atoms with Crippen molar-refractivity contribution in [3.05, 3.63) is 29.3 Å². The fraction of sp³-hybridized carbons (Fsp3) is 0.632. The molecule has 1 amide bonds. The van der Waals surface area contributed by atoms with Gasteiger partial charge in [0, 0.05) is 38.8 Å². The van der Waals surface area contributed by atoms with E-state index in [9.17, 15) is 4.79 Å². The van der Waals surface area contributed by atoms with Crippen molar-refractivity contribution in [1.82, 2.24) is 9.80 Å². The first-order valence-electron chi connectivity index (χ1n) is 8.79. The number of carbonyl (C=O) groups excluding carboxylic acids is 1. The summed E-state index contributed by atoms with van der Waals surface area (Å²) in [7, 11) is 3.60. The summed E-state index contributed by atoms with van der Waals surface area (Å²) in [6.07, 6.45) is 2.91. The zero-order chi connectivity index (χ0) is 17.2. The van der Waals surface area contributed by atoms with Crippen LogP contribution >= 0.6 is 0 Å². The molecule has 0 aliphatic carbocycles. The molecule has 1 aromatic rings. The van der Waals surface area contributed by atoms with Crippen LogP contribution in [-0.2, 0) is 16.1 Å². The topological polar surface area (TPSA) is 42.0 Å². The Morgan fingerprint density at radius 2 is 2.12 bits per heavy atom. The third-order valence-corrected chi connectivity index (χ3v) is 5.16. The molecule has 2 heterocycles. The van der Waals surface area contributed by atoms with Crippen LogP contribution < -0.4 is 4.74 Å². The SMILES string of the molecule is COc1cc(C)ccc1CN1CCOC2(CCCCN(C)C2=O)C1. The van der Waals surface area contributed by atoms with Crippen LogP contribution in [0.4, 0.5) is 0 Å². The minimum absolute atomic E-state index is 0.139. The Labute approximate surface area is 144 Å². The Hall–Kier alpha value is -1.59. The quantitative estimate of drug-likeness (QED) is 0.851. The molecule has 1 atom stereocenters. The minimum Gasteiger partial charge on any atom is -0.496 e. The van der Waals surface area contributed by atoms with E-state index in [0.717, 1.165) is 50.2 Å². The van der Waals surface area contributed by atoms with Crippen LogP contribution in [0.5, 0.6) is 5.75 Å². The third kappa shape index (κ3) is 3.42. The van der Waals surface area contributed by atoms with Gasteiger partial charge in [-0.2, -0.15) is 0 Å². The monoisotopic (exact) mass is 332 g/mol. The van der Waals surface area contributed by atoms with Gasteiger partial charge in [0.05, 0.1) is 13.7 Å². The predicted molar refractivity (Wildman–Crippen MR) is 93.2 cm³/mol. The number of likely N-dealkylation sites (N-methyl/N-ethyl adjacent to an activating group) is 1. The van der Waals surface area contributed by atoms with E-state index in [2.05, 4.69) is 30.0 Å². The van der Waals surface area contributed by atoms with Crippen LogP contribution in [0, 0.1) is 6.92 Å². The molecule has 3 rings (SSSR count). The Morgan fingerprint density at radius 1 is 1.29 bits per heavy atom. The second-order valence-corrected chi connectivity index (χ2v) is 7.05. The molecule has 1 aromatic carbocycles. The number of amides is 1. The zero-order valence-electron chi connectivity index (χ0n) is 15.0. The summed E-state index contributed by atoms with van der Waals surface area (Å²) < 4.78 is 11.6. The van der Waals surface area contributed by atoms with Crippen LogP contribution in [0.3, 0.4) is 0 Å². The smallest absolute Gasteiger partial charge is 0.255 e. The lowest BCUT2D eigenvalue weighted by Gasteiger charge is -2.42. The van der Waals surface area contributed by atoms with E-state index in [-0.39, 0.29) is 5.91 Å². The highest BCUT2D eigenvalue weighted by molar-refractivity contribution is 5.85. The van der Waals surface area contributed by atoms with Gasteiger partial charge < -0.3 is 14.4 Å². The van der Waals surface area contributed by atoms with Gasteiger partial charge in [0.2, 0.25) is 0 Å². The highest BCUT2D eigenvalue weighted by Crippen LogP contribution is 2.31. The van der Waals surface area contributed by atoms with Gasteiger partial charge in [-0.05, 0) is 37.8 Å². The van der Waals surface area contributed by atoms with E-state index in [1.807, 2.05) is 11.9 Å². The predicted octanol–water partition coefficient (Wildman–Crippen LogP) is 2.22. The van der Waals surface area contributed by atoms with Crippen LogP contribution in [0.25, 0.3) is 0 Å².